The van der Waals surface area contributed by atoms with Crippen LogP contribution in [0, 0.1) is 0 Å². The van der Waals surface area contributed by atoms with Crippen LogP contribution in [0.2, 0.25) is 0 Å². The molecule has 0 saturated carbocycles. The van der Waals surface area contributed by atoms with Gasteiger partial charge in [0.05, 0.1) is 6.61 Å². The first-order valence-electron chi connectivity index (χ1n) is 5.03. The van der Waals surface area contributed by atoms with Gasteiger partial charge in [-0.05, 0) is 19.1 Å². The molecule has 82 valence electrons. The number of benzene rings is 1. The highest BCUT2D eigenvalue weighted by molar-refractivity contribution is 5.50. The zero-order valence-corrected chi connectivity index (χ0v) is 8.92. The summed E-state index contributed by atoms with van der Waals surface area (Å²) in [4.78, 5) is 6.80. The van der Waals surface area contributed by atoms with Crippen molar-refractivity contribution < 1.29 is 4.74 Å². The third-order valence-electron chi connectivity index (χ3n) is 1.90. The maximum Gasteiger partial charge on any atom is 0.246 e. The Bertz CT molecular complexity index is 465. The molecule has 0 unspecified atom stereocenters. The monoisotopic (exact) mass is 216 g/mol. The molecule has 0 saturated heterocycles. The minimum absolute atomic E-state index is 0.478. The van der Waals surface area contributed by atoms with Gasteiger partial charge in [-0.2, -0.15) is 0 Å². The second-order valence-electron chi connectivity index (χ2n) is 3.01. The number of rotatable bonds is 4. The van der Waals surface area contributed by atoms with E-state index < -0.39 is 0 Å². The SMILES string of the molecule is CCOc1ccccc1N=Nc1ncc[nH]1. The smallest absolute Gasteiger partial charge is 0.246 e. The highest BCUT2D eigenvalue weighted by Gasteiger charge is 2.00. The number of hydrogen-bond acceptors (Lipinski definition) is 4. The van der Waals surface area contributed by atoms with E-state index in [4.69, 9.17) is 4.74 Å². The summed E-state index contributed by atoms with van der Waals surface area (Å²) in [6.45, 7) is 2.54. The molecule has 2 aromatic rings. The van der Waals surface area contributed by atoms with E-state index in [1.54, 1.807) is 12.4 Å². The predicted molar refractivity (Wildman–Crippen MR) is 60.4 cm³/mol. The summed E-state index contributed by atoms with van der Waals surface area (Å²) in [7, 11) is 0. The first-order chi connectivity index (χ1) is 7.90. The van der Waals surface area contributed by atoms with E-state index in [1.807, 2.05) is 31.2 Å². The molecular formula is C11H12N4O. The van der Waals surface area contributed by atoms with Crippen molar-refractivity contribution in [1.29, 1.82) is 0 Å². The van der Waals surface area contributed by atoms with Gasteiger partial charge in [0, 0.05) is 12.4 Å². The van der Waals surface area contributed by atoms with Gasteiger partial charge in [0.2, 0.25) is 5.95 Å². The van der Waals surface area contributed by atoms with E-state index in [0.717, 1.165) is 5.75 Å². The van der Waals surface area contributed by atoms with Crippen LogP contribution in [0.15, 0.2) is 46.9 Å². The van der Waals surface area contributed by atoms with E-state index in [1.165, 1.54) is 0 Å². The second kappa shape index (κ2) is 5.06. The van der Waals surface area contributed by atoms with Crippen molar-refractivity contribution in [3.63, 3.8) is 0 Å². The fourth-order valence-corrected chi connectivity index (χ4v) is 1.23. The third-order valence-corrected chi connectivity index (χ3v) is 1.90. The Labute approximate surface area is 93.2 Å². The van der Waals surface area contributed by atoms with E-state index in [-0.39, 0.29) is 0 Å². The number of para-hydroxylation sites is 1. The molecule has 0 spiro atoms. The summed E-state index contributed by atoms with van der Waals surface area (Å²) in [5.41, 5.74) is 0.695. The molecule has 0 aliphatic rings. The predicted octanol–water partition coefficient (Wildman–Crippen LogP) is 3.22. The normalized spacial score (nSPS) is 10.8. The van der Waals surface area contributed by atoms with Crippen molar-refractivity contribution in [2.75, 3.05) is 6.61 Å². The molecule has 0 aliphatic carbocycles. The van der Waals surface area contributed by atoms with E-state index >= 15 is 0 Å². The lowest BCUT2D eigenvalue weighted by molar-refractivity contribution is 0.341. The number of imidazole rings is 1. The molecule has 1 heterocycles. The summed E-state index contributed by atoms with van der Waals surface area (Å²) < 4.78 is 5.42. The molecule has 16 heavy (non-hydrogen) atoms. The molecule has 0 fully saturated rings. The standard InChI is InChI=1S/C11H12N4O/c1-2-16-10-6-4-3-5-9(10)14-15-11-12-7-8-13-11/h3-8H,2H2,1H3,(H,12,13). The minimum atomic E-state index is 0.478. The Balaban J connectivity index is 2.20. The third kappa shape index (κ3) is 2.44. The molecule has 5 heteroatoms. The molecule has 5 nitrogen and oxygen atoms in total. The number of hydrogen-bond donors (Lipinski definition) is 1. The maximum absolute atomic E-state index is 5.42. The highest BCUT2D eigenvalue weighted by Crippen LogP contribution is 2.27. The summed E-state index contributed by atoms with van der Waals surface area (Å²) in [6, 6.07) is 7.49. The summed E-state index contributed by atoms with van der Waals surface area (Å²) in [5.74, 6) is 1.20. The largest absolute Gasteiger partial charge is 0.492 e. The number of aromatic amines is 1. The minimum Gasteiger partial charge on any atom is -0.492 e. The molecule has 0 amide bonds. The van der Waals surface area contributed by atoms with Crippen LogP contribution in [0.5, 0.6) is 5.75 Å². The Morgan fingerprint density at radius 1 is 1.31 bits per heavy atom. The highest BCUT2D eigenvalue weighted by atomic mass is 16.5. The zero-order valence-electron chi connectivity index (χ0n) is 8.92. The summed E-state index contributed by atoms with van der Waals surface area (Å²) in [5, 5.41) is 8.03. The molecule has 0 radical (unpaired) electrons. The number of H-pyrrole nitrogens is 1. The van der Waals surface area contributed by atoms with E-state index in [9.17, 15) is 0 Å². The van der Waals surface area contributed by atoms with Gasteiger partial charge in [0.1, 0.15) is 11.4 Å². The number of ether oxygens (including phenoxy) is 1. The Morgan fingerprint density at radius 3 is 2.94 bits per heavy atom. The van der Waals surface area contributed by atoms with Gasteiger partial charge in [-0.1, -0.05) is 12.1 Å². The van der Waals surface area contributed by atoms with Crippen molar-refractivity contribution in [3.8, 4) is 5.75 Å². The van der Waals surface area contributed by atoms with Crippen molar-refractivity contribution >= 4 is 11.6 Å². The number of nitrogens with one attached hydrogen (secondary N) is 1. The van der Waals surface area contributed by atoms with Crippen LogP contribution in [-0.4, -0.2) is 16.6 Å². The van der Waals surface area contributed by atoms with Crippen LogP contribution in [0.3, 0.4) is 0 Å². The lowest BCUT2D eigenvalue weighted by atomic mass is 10.3. The molecule has 0 bridgehead atoms. The molecule has 2 rings (SSSR count). The van der Waals surface area contributed by atoms with Crippen LogP contribution in [-0.2, 0) is 0 Å². The number of aromatic nitrogens is 2. The number of azo groups is 1. The van der Waals surface area contributed by atoms with Crippen molar-refractivity contribution in [2.24, 2.45) is 10.2 Å². The summed E-state index contributed by atoms with van der Waals surface area (Å²) in [6.07, 6.45) is 3.33. The van der Waals surface area contributed by atoms with E-state index in [2.05, 4.69) is 20.2 Å². The quantitative estimate of drug-likeness (QED) is 0.797. The molecule has 1 N–H and O–H groups in total. The fourth-order valence-electron chi connectivity index (χ4n) is 1.23. The van der Waals surface area contributed by atoms with Crippen LogP contribution in [0.1, 0.15) is 6.92 Å². The lowest BCUT2D eigenvalue weighted by Crippen LogP contribution is -1.90. The lowest BCUT2D eigenvalue weighted by Gasteiger charge is -2.04. The molecule has 0 aliphatic heterocycles. The van der Waals surface area contributed by atoms with Gasteiger partial charge in [-0.3, -0.25) is 0 Å². The van der Waals surface area contributed by atoms with Gasteiger partial charge in [0.25, 0.3) is 0 Å². The first-order valence-corrected chi connectivity index (χ1v) is 5.03. The zero-order chi connectivity index (χ0) is 11.2. The van der Waals surface area contributed by atoms with Crippen LogP contribution in [0.4, 0.5) is 11.6 Å². The number of nitrogens with zero attached hydrogens (tertiary/aromatic N) is 3. The Hall–Kier alpha value is -2.17. The molecule has 0 atom stereocenters. The molecule has 1 aromatic carbocycles. The average Bonchev–Trinajstić information content (AvgIpc) is 2.81. The van der Waals surface area contributed by atoms with Crippen molar-refractivity contribution in [1.82, 2.24) is 9.97 Å². The van der Waals surface area contributed by atoms with Gasteiger partial charge in [-0.25, -0.2) is 4.98 Å². The summed E-state index contributed by atoms with van der Waals surface area (Å²) >= 11 is 0. The van der Waals surface area contributed by atoms with Crippen LogP contribution in [0.25, 0.3) is 0 Å². The maximum atomic E-state index is 5.42. The van der Waals surface area contributed by atoms with E-state index in [0.29, 0.717) is 18.2 Å². The van der Waals surface area contributed by atoms with Crippen molar-refractivity contribution in [2.45, 2.75) is 6.92 Å². The second-order valence-corrected chi connectivity index (χ2v) is 3.01. The average molecular weight is 216 g/mol. The van der Waals surface area contributed by atoms with Gasteiger partial charge >= 0.3 is 0 Å². The first kappa shape index (κ1) is 10.4. The fraction of sp³-hybridized carbons (Fsp3) is 0.182. The Morgan fingerprint density at radius 2 is 2.19 bits per heavy atom. The van der Waals surface area contributed by atoms with Crippen LogP contribution >= 0.6 is 0 Å². The van der Waals surface area contributed by atoms with Gasteiger partial charge < -0.3 is 9.72 Å². The topological polar surface area (TPSA) is 62.6 Å². The van der Waals surface area contributed by atoms with Gasteiger partial charge in [0.15, 0.2) is 0 Å². The van der Waals surface area contributed by atoms with Crippen molar-refractivity contribution in [3.05, 3.63) is 36.7 Å². The molecular weight excluding hydrogens is 204 g/mol. The van der Waals surface area contributed by atoms with Gasteiger partial charge in [-0.15, -0.1) is 10.2 Å². The molecule has 1 aromatic heterocycles. The Kier molecular flexibility index (Phi) is 3.28. The van der Waals surface area contributed by atoms with Crippen LogP contribution < -0.4 is 4.74 Å².